The highest BCUT2D eigenvalue weighted by molar-refractivity contribution is 7.47. The zero-order chi connectivity index (χ0) is 31.9. The quantitative estimate of drug-likeness (QED) is 0.0418. The zero-order valence-electron chi connectivity index (χ0n) is 27.8. The molecule has 0 rings (SSSR count). The Bertz CT molecular complexity index is 694. The molecule has 0 fully saturated rings. The monoisotopic (exact) mass is 636 g/mol. The first kappa shape index (κ1) is 42.0. The summed E-state index contributed by atoms with van der Waals surface area (Å²) in [5.74, 6) is -0.806. The van der Waals surface area contributed by atoms with E-state index in [4.69, 9.17) is 18.5 Å². The van der Waals surface area contributed by atoms with E-state index in [2.05, 4.69) is 19.6 Å². The molecule has 4 N–H and O–H groups in total. The molecule has 0 saturated carbocycles. The van der Waals surface area contributed by atoms with Crippen molar-refractivity contribution in [2.45, 2.75) is 174 Å². The third kappa shape index (κ3) is 30.8. The van der Waals surface area contributed by atoms with Crippen molar-refractivity contribution < 1.29 is 43.3 Å². The first-order valence-corrected chi connectivity index (χ1v) is 19.1. The maximum atomic E-state index is 12.4. The first-order valence-electron chi connectivity index (χ1n) is 17.6. The van der Waals surface area contributed by atoms with E-state index < -0.39 is 26.5 Å². The van der Waals surface area contributed by atoms with Crippen molar-refractivity contribution in [2.75, 3.05) is 26.4 Å². The molecule has 1 unspecified atom stereocenters. The lowest BCUT2D eigenvalue weighted by molar-refractivity contribution is -0.371. The lowest BCUT2D eigenvalue weighted by Gasteiger charge is -2.19. The molecule has 0 saturated heterocycles. The normalized spacial score (nSPS) is 13.5. The summed E-state index contributed by atoms with van der Waals surface area (Å²) in [5, 5.41) is 0. The Morgan fingerprint density at radius 3 is 1.42 bits per heavy atom. The van der Waals surface area contributed by atoms with Crippen molar-refractivity contribution >= 4 is 19.8 Å². The van der Waals surface area contributed by atoms with Gasteiger partial charge in [-0.1, -0.05) is 142 Å². The minimum atomic E-state index is -4.31. The number of esters is 2. The fourth-order valence-electron chi connectivity index (χ4n) is 4.88. The molecule has 0 heterocycles. The van der Waals surface area contributed by atoms with E-state index in [1.807, 2.05) is 0 Å². The van der Waals surface area contributed by atoms with Crippen molar-refractivity contribution in [3.63, 3.8) is 0 Å². The molecule has 0 aromatic heterocycles. The van der Waals surface area contributed by atoms with Crippen molar-refractivity contribution in [3.05, 3.63) is 0 Å². The van der Waals surface area contributed by atoms with E-state index in [0.29, 0.717) is 19.4 Å². The summed E-state index contributed by atoms with van der Waals surface area (Å²) in [6, 6.07) is 0. The number of quaternary nitrogens is 1. The van der Waals surface area contributed by atoms with Crippen LogP contribution in [0.4, 0.5) is 0 Å². The van der Waals surface area contributed by atoms with Crippen LogP contribution in [0.1, 0.15) is 168 Å². The Morgan fingerprint density at radius 1 is 0.605 bits per heavy atom. The first-order chi connectivity index (χ1) is 20.8. The van der Waals surface area contributed by atoms with Crippen molar-refractivity contribution in [1.82, 2.24) is 0 Å². The molecule has 2 atom stereocenters. The number of carbonyl (C=O) groups is 2. The lowest BCUT2D eigenvalue weighted by atomic mass is 10.0. The highest BCUT2D eigenvalue weighted by Crippen LogP contribution is 2.43. The molecule has 0 amide bonds. The van der Waals surface area contributed by atoms with Gasteiger partial charge in [0.1, 0.15) is 13.2 Å². The van der Waals surface area contributed by atoms with E-state index in [9.17, 15) is 19.0 Å². The molecule has 0 aromatic carbocycles. The number of phosphoric ester groups is 1. The largest absolute Gasteiger partial charge is 0.472 e. The third-order valence-electron chi connectivity index (χ3n) is 7.52. The molecule has 0 aliphatic rings. The number of hydrogen-bond donors (Lipinski definition) is 2. The summed E-state index contributed by atoms with van der Waals surface area (Å²) >= 11 is 0. The Morgan fingerprint density at radius 2 is 1.00 bits per heavy atom. The summed E-state index contributed by atoms with van der Waals surface area (Å²) < 4.78 is 32.6. The molecule has 0 spiro atoms. The number of unbranched alkanes of at least 4 members (excludes halogenated alkanes) is 20. The van der Waals surface area contributed by atoms with E-state index >= 15 is 0 Å². The van der Waals surface area contributed by atoms with E-state index in [-0.39, 0.29) is 25.6 Å². The number of rotatable bonds is 33. The number of phosphoric acid groups is 1. The Labute approximate surface area is 263 Å². The van der Waals surface area contributed by atoms with Gasteiger partial charge in [0.25, 0.3) is 0 Å². The van der Waals surface area contributed by atoms with Gasteiger partial charge in [0.15, 0.2) is 6.10 Å². The number of carbonyl (C=O) groups excluding carboxylic acids is 2. The van der Waals surface area contributed by atoms with Gasteiger partial charge in [0.2, 0.25) is 0 Å². The van der Waals surface area contributed by atoms with Gasteiger partial charge in [0, 0.05) is 12.8 Å². The molecule has 0 aliphatic heterocycles. The molecule has 0 bridgehead atoms. The summed E-state index contributed by atoms with van der Waals surface area (Å²) in [6.45, 7) is 4.10. The summed E-state index contributed by atoms with van der Waals surface area (Å²) in [6.07, 6.45) is 25.8. The molecule has 43 heavy (non-hydrogen) atoms. The lowest BCUT2D eigenvalue weighted by Crippen LogP contribution is -2.52. The van der Waals surface area contributed by atoms with Gasteiger partial charge in [-0.2, -0.15) is 0 Å². The topological polar surface area (TPSA) is 136 Å². The standard InChI is InChI=1S/C33H66NO8P/c1-3-5-7-9-11-13-14-15-16-18-19-21-23-25-32(35)39-29-31(30-41-43(37,38)40-28-27-34)42-33(36)26-24-22-20-17-12-10-8-6-4-2/h31H,3-30,34H2,1-2H3,(H,37,38)/p+1/t31-/m1/s1. The fraction of sp³-hybridized carbons (Fsp3) is 0.939. The minimum absolute atomic E-state index is 0.0368. The Balaban J connectivity index is 4.22. The summed E-state index contributed by atoms with van der Waals surface area (Å²) in [5.41, 5.74) is 3.56. The summed E-state index contributed by atoms with van der Waals surface area (Å²) in [4.78, 5) is 34.5. The Hall–Kier alpha value is -0.990. The molecule has 0 aliphatic carbocycles. The van der Waals surface area contributed by atoms with E-state index in [1.165, 1.54) is 103 Å². The number of hydrogen-bond acceptors (Lipinski definition) is 7. The van der Waals surface area contributed by atoms with Crippen LogP contribution in [0.5, 0.6) is 0 Å². The fourth-order valence-corrected chi connectivity index (χ4v) is 5.67. The van der Waals surface area contributed by atoms with Gasteiger partial charge < -0.3 is 20.1 Å². The summed E-state index contributed by atoms with van der Waals surface area (Å²) in [7, 11) is -4.31. The van der Waals surface area contributed by atoms with Crippen LogP contribution in [0.25, 0.3) is 0 Å². The van der Waals surface area contributed by atoms with Gasteiger partial charge >= 0.3 is 19.8 Å². The molecule has 10 heteroatoms. The highest BCUT2D eigenvalue weighted by atomic mass is 31.2. The van der Waals surface area contributed by atoms with Crippen LogP contribution < -0.4 is 5.73 Å². The van der Waals surface area contributed by atoms with Crippen LogP contribution in [0.15, 0.2) is 0 Å². The van der Waals surface area contributed by atoms with E-state index in [0.717, 1.165) is 32.1 Å². The average Bonchev–Trinajstić information content (AvgIpc) is 2.99. The van der Waals surface area contributed by atoms with Gasteiger partial charge in [-0.15, -0.1) is 0 Å². The smallest absolute Gasteiger partial charge is 0.462 e. The van der Waals surface area contributed by atoms with Crippen LogP contribution >= 0.6 is 7.82 Å². The van der Waals surface area contributed by atoms with Crippen molar-refractivity contribution in [2.24, 2.45) is 0 Å². The predicted molar refractivity (Wildman–Crippen MR) is 172 cm³/mol. The minimum Gasteiger partial charge on any atom is -0.462 e. The maximum Gasteiger partial charge on any atom is 0.472 e. The molecule has 256 valence electrons. The van der Waals surface area contributed by atoms with Gasteiger partial charge in [-0.05, 0) is 12.8 Å². The van der Waals surface area contributed by atoms with Crippen LogP contribution in [0, 0.1) is 0 Å². The molecule has 9 nitrogen and oxygen atoms in total. The average molecular weight is 637 g/mol. The SMILES string of the molecule is CCCCCCCCCCCCCCCC(=O)OC[C@H](COP(=O)(O)OCC[NH3+])OC(=O)CCCCCCCCCCC. The van der Waals surface area contributed by atoms with Crippen LogP contribution in [0.3, 0.4) is 0 Å². The van der Waals surface area contributed by atoms with Crippen LogP contribution in [-0.2, 0) is 32.7 Å². The third-order valence-corrected chi connectivity index (χ3v) is 8.50. The molecular formula is C33H67NO8P+. The second-order valence-electron chi connectivity index (χ2n) is 11.8. The van der Waals surface area contributed by atoms with Crippen LogP contribution in [-0.4, -0.2) is 49.3 Å². The van der Waals surface area contributed by atoms with Gasteiger partial charge in [-0.25, -0.2) is 4.57 Å². The predicted octanol–water partition coefficient (Wildman–Crippen LogP) is 8.22. The second-order valence-corrected chi connectivity index (χ2v) is 13.3. The molecule has 0 aromatic rings. The van der Waals surface area contributed by atoms with Crippen molar-refractivity contribution in [3.8, 4) is 0 Å². The zero-order valence-corrected chi connectivity index (χ0v) is 28.7. The highest BCUT2D eigenvalue weighted by Gasteiger charge is 2.26. The molecule has 0 radical (unpaired) electrons. The van der Waals surface area contributed by atoms with E-state index in [1.54, 1.807) is 0 Å². The maximum absolute atomic E-state index is 12.4. The van der Waals surface area contributed by atoms with Gasteiger partial charge in [0.05, 0.1) is 13.2 Å². The van der Waals surface area contributed by atoms with Crippen LogP contribution in [0.2, 0.25) is 0 Å². The molecular weight excluding hydrogens is 569 g/mol. The Kier molecular flexibility index (Phi) is 30.3. The van der Waals surface area contributed by atoms with Crippen molar-refractivity contribution in [1.29, 1.82) is 0 Å². The van der Waals surface area contributed by atoms with Gasteiger partial charge in [-0.3, -0.25) is 18.6 Å². The second kappa shape index (κ2) is 31.0. The number of ether oxygens (including phenoxy) is 2.